The Kier molecular flexibility index (Phi) is 7.50. The molecule has 0 aliphatic carbocycles. The van der Waals surface area contributed by atoms with Gasteiger partial charge < -0.3 is 9.70 Å². The van der Waals surface area contributed by atoms with Gasteiger partial charge in [0.15, 0.2) is 8.32 Å². The minimum atomic E-state index is -1.80. The monoisotopic (exact) mass is 217 g/mol. The molecular weight excluding hydrogens is 190 g/mol. The molecule has 0 aliphatic heterocycles. The number of nitrogens with zero attached hydrogens (tertiary/aromatic N) is 1. The molecule has 0 radical (unpaired) electrons. The molecule has 2 nitrogen and oxygen atoms in total. The molecule has 0 unspecified atom stereocenters. The van der Waals surface area contributed by atoms with E-state index in [1.54, 1.807) is 0 Å². The first-order valence-corrected chi connectivity index (χ1v) is 9.09. The highest BCUT2D eigenvalue weighted by Crippen LogP contribution is 2.08. The summed E-state index contributed by atoms with van der Waals surface area (Å²) >= 11 is 0. The lowest BCUT2D eigenvalue weighted by Gasteiger charge is -2.22. The first kappa shape index (κ1) is 14.1. The average molecular weight is 217 g/mol. The summed E-state index contributed by atoms with van der Waals surface area (Å²) < 4.78 is 0. The predicted octanol–water partition coefficient (Wildman–Crippen LogP) is 2.70. The fraction of sp³-hybridized carbons (Fsp3) is 1.00. The lowest BCUT2D eigenvalue weighted by Crippen LogP contribution is -2.30. The van der Waals surface area contributed by atoms with Crippen molar-refractivity contribution >= 4 is 8.32 Å². The van der Waals surface area contributed by atoms with Gasteiger partial charge in [0.25, 0.3) is 0 Å². The smallest absolute Gasteiger partial charge is 0.182 e. The maximum absolute atomic E-state index is 9.71. The molecule has 0 spiro atoms. The van der Waals surface area contributed by atoms with Crippen molar-refractivity contribution in [2.75, 3.05) is 19.6 Å². The molecule has 86 valence electrons. The van der Waals surface area contributed by atoms with Gasteiger partial charge in [-0.1, -0.05) is 13.8 Å². The van der Waals surface area contributed by atoms with Gasteiger partial charge in [0.1, 0.15) is 0 Å². The van der Waals surface area contributed by atoms with E-state index in [9.17, 15) is 4.80 Å². The number of hydrogen-bond donors (Lipinski definition) is 1. The van der Waals surface area contributed by atoms with Crippen molar-refractivity contribution in [1.29, 1.82) is 0 Å². The van der Waals surface area contributed by atoms with Gasteiger partial charge in [-0.3, -0.25) is 0 Å². The highest BCUT2D eigenvalue weighted by molar-refractivity contribution is 6.69. The Morgan fingerprint density at radius 2 is 1.50 bits per heavy atom. The second-order valence-corrected chi connectivity index (χ2v) is 8.88. The Labute approximate surface area is 90.4 Å². The Morgan fingerprint density at radius 1 is 1.00 bits per heavy atom. The van der Waals surface area contributed by atoms with Gasteiger partial charge in [0.2, 0.25) is 0 Å². The van der Waals surface area contributed by atoms with E-state index >= 15 is 0 Å². The lowest BCUT2D eigenvalue weighted by molar-refractivity contribution is 0.274. The van der Waals surface area contributed by atoms with Crippen LogP contribution < -0.4 is 0 Å². The van der Waals surface area contributed by atoms with Crippen LogP contribution in [-0.4, -0.2) is 37.6 Å². The molecule has 0 saturated heterocycles. The van der Waals surface area contributed by atoms with E-state index in [2.05, 4.69) is 18.7 Å². The summed E-state index contributed by atoms with van der Waals surface area (Å²) in [5, 5.41) is 0. The molecule has 0 aliphatic rings. The molecule has 3 heteroatoms. The summed E-state index contributed by atoms with van der Waals surface area (Å²) in [5.41, 5.74) is 0. The third-order valence-electron chi connectivity index (χ3n) is 2.34. The number of hydrogen-bond acceptors (Lipinski definition) is 2. The molecule has 0 amide bonds. The third-order valence-corrected chi connectivity index (χ3v) is 3.92. The van der Waals surface area contributed by atoms with Crippen LogP contribution in [0.1, 0.15) is 33.1 Å². The van der Waals surface area contributed by atoms with Crippen LogP contribution in [0.4, 0.5) is 0 Å². The quantitative estimate of drug-likeness (QED) is 0.632. The van der Waals surface area contributed by atoms with Crippen LogP contribution in [0.5, 0.6) is 0 Å². The zero-order valence-corrected chi connectivity index (χ0v) is 11.3. The highest BCUT2D eigenvalue weighted by atomic mass is 28.4. The first-order valence-electron chi connectivity index (χ1n) is 5.94. The summed E-state index contributed by atoms with van der Waals surface area (Å²) in [6.07, 6.45) is 3.63. The van der Waals surface area contributed by atoms with E-state index in [0.29, 0.717) is 0 Å². The van der Waals surface area contributed by atoms with E-state index < -0.39 is 8.32 Å². The molecule has 14 heavy (non-hydrogen) atoms. The standard InChI is InChI=1S/C11H27NOSi/c1-5-8-12(9-6-2)10-7-11-14(3,4)13/h13H,5-11H2,1-4H3. The molecule has 0 bridgehead atoms. The van der Waals surface area contributed by atoms with Gasteiger partial charge in [0.05, 0.1) is 0 Å². The normalized spacial score (nSPS) is 12.4. The summed E-state index contributed by atoms with van der Waals surface area (Å²) in [4.78, 5) is 12.2. The molecule has 0 heterocycles. The fourth-order valence-electron chi connectivity index (χ4n) is 1.70. The Bertz CT molecular complexity index is 128. The zero-order chi connectivity index (χ0) is 11.0. The van der Waals surface area contributed by atoms with Gasteiger partial charge in [0, 0.05) is 0 Å². The molecular formula is C11H27NOSi. The minimum Gasteiger partial charge on any atom is -0.432 e. The summed E-state index contributed by atoms with van der Waals surface area (Å²) in [5.74, 6) is 0. The zero-order valence-electron chi connectivity index (χ0n) is 10.3. The van der Waals surface area contributed by atoms with Crippen molar-refractivity contribution in [2.45, 2.75) is 52.2 Å². The van der Waals surface area contributed by atoms with E-state index in [0.717, 1.165) is 12.5 Å². The third kappa shape index (κ3) is 8.72. The molecule has 0 aromatic rings. The van der Waals surface area contributed by atoms with Crippen molar-refractivity contribution < 1.29 is 4.80 Å². The Hall–Kier alpha value is 0.137. The summed E-state index contributed by atoms with van der Waals surface area (Å²) in [6.45, 7) is 12.1. The van der Waals surface area contributed by atoms with Crippen LogP contribution in [-0.2, 0) is 0 Å². The van der Waals surface area contributed by atoms with E-state index in [1.807, 2.05) is 13.1 Å². The van der Waals surface area contributed by atoms with Crippen molar-refractivity contribution in [3.05, 3.63) is 0 Å². The van der Waals surface area contributed by atoms with Crippen LogP contribution in [0.15, 0.2) is 0 Å². The largest absolute Gasteiger partial charge is 0.432 e. The first-order chi connectivity index (χ1) is 6.49. The Morgan fingerprint density at radius 3 is 1.86 bits per heavy atom. The van der Waals surface area contributed by atoms with Crippen molar-refractivity contribution in [1.82, 2.24) is 4.90 Å². The fourth-order valence-corrected chi connectivity index (χ4v) is 2.73. The molecule has 0 fully saturated rings. The second kappa shape index (κ2) is 7.43. The molecule has 0 aromatic heterocycles. The SMILES string of the molecule is CCCN(CCC)CCC[Si](C)(C)O. The molecule has 0 rings (SSSR count). The second-order valence-electron chi connectivity index (χ2n) is 4.76. The van der Waals surface area contributed by atoms with Crippen LogP contribution in [0, 0.1) is 0 Å². The van der Waals surface area contributed by atoms with E-state index in [1.165, 1.54) is 32.5 Å². The van der Waals surface area contributed by atoms with Gasteiger partial charge in [-0.15, -0.1) is 0 Å². The van der Waals surface area contributed by atoms with E-state index in [4.69, 9.17) is 0 Å². The topological polar surface area (TPSA) is 23.5 Å². The minimum absolute atomic E-state index is 1.04. The maximum atomic E-state index is 9.71. The van der Waals surface area contributed by atoms with Gasteiger partial charge in [-0.25, -0.2) is 0 Å². The molecule has 0 saturated carbocycles. The van der Waals surface area contributed by atoms with Crippen molar-refractivity contribution in [3.63, 3.8) is 0 Å². The average Bonchev–Trinajstić information content (AvgIpc) is 2.02. The van der Waals surface area contributed by atoms with Gasteiger partial charge >= 0.3 is 0 Å². The maximum Gasteiger partial charge on any atom is 0.182 e. The van der Waals surface area contributed by atoms with Gasteiger partial charge in [-0.05, 0) is 58.0 Å². The lowest BCUT2D eigenvalue weighted by atomic mass is 10.3. The van der Waals surface area contributed by atoms with Crippen LogP contribution in [0.3, 0.4) is 0 Å². The van der Waals surface area contributed by atoms with Crippen LogP contribution in [0.25, 0.3) is 0 Å². The molecule has 1 N–H and O–H groups in total. The summed E-state index contributed by atoms with van der Waals surface area (Å²) in [7, 11) is -1.80. The highest BCUT2D eigenvalue weighted by Gasteiger charge is 2.16. The van der Waals surface area contributed by atoms with Crippen LogP contribution in [0.2, 0.25) is 19.1 Å². The summed E-state index contributed by atoms with van der Waals surface area (Å²) in [6, 6.07) is 1.04. The van der Waals surface area contributed by atoms with E-state index in [-0.39, 0.29) is 0 Å². The van der Waals surface area contributed by atoms with Gasteiger partial charge in [-0.2, -0.15) is 0 Å². The van der Waals surface area contributed by atoms with Crippen LogP contribution >= 0.6 is 0 Å². The van der Waals surface area contributed by atoms with Crippen molar-refractivity contribution in [2.24, 2.45) is 0 Å². The molecule has 0 atom stereocenters. The van der Waals surface area contributed by atoms with Crippen molar-refractivity contribution in [3.8, 4) is 0 Å². The molecule has 0 aromatic carbocycles. The number of rotatable bonds is 8. The Balaban J connectivity index is 3.60. The predicted molar refractivity (Wildman–Crippen MR) is 66.1 cm³/mol.